The number of piperazine rings is 1. The Kier molecular flexibility index (Phi) is 5.49. The second-order valence-electron chi connectivity index (χ2n) is 6.01. The van der Waals surface area contributed by atoms with Crippen molar-refractivity contribution in [3.8, 4) is 0 Å². The number of hydrogen-bond acceptors (Lipinski definition) is 3. The van der Waals surface area contributed by atoms with Gasteiger partial charge >= 0.3 is 0 Å². The quantitative estimate of drug-likeness (QED) is 0.865. The second-order valence-corrected chi connectivity index (χ2v) is 7.27. The third-order valence-corrected chi connectivity index (χ3v) is 5.14. The molecule has 20 heavy (non-hydrogen) atoms. The number of rotatable bonds is 4. The minimum absolute atomic E-state index is 0.155. The molecule has 1 saturated heterocycles. The van der Waals surface area contributed by atoms with Gasteiger partial charge in [-0.15, -0.1) is 0 Å². The highest BCUT2D eigenvalue weighted by Crippen LogP contribution is 2.40. The highest BCUT2D eigenvalue weighted by molar-refractivity contribution is 9.10. The highest BCUT2D eigenvalue weighted by atomic mass is 79.9. The molecule has 1 atom stereocenters. The van der Waals surface area contributed by atoms with Gasteiger partial charge in [-0.1, -0.05) is 31.5 Å². The minimum Gasteiger partial charge on any atom is -0.396 e. The van der Waals surface area contributed by atoms with E-state index in [-0.39, 0.29) is 18.1 Å². The fourth-order valence-electron chi connectivity index (χ4n) is 2.87. The van der Waals surface area contributed by atoms with Crippen LogP contribution >= 0.6 is 27.5 Å². The van der Waals surface area contributed by atoms with E-state index in [0.717, 1.165) is 35.7 Å². The molecular weight excluding hydrogens is 340 g/mol. The monoisotopic (exact) mass is 360 g/mol. The summed E-state index contributed by atoms with van der Waals surface area (Å²) in [7, 11) is 0. The number of aliphatic hydroxyl groups is 1. The van der Waals surface area contributed by atoms with Crippen molar-refractivity contribution in [2.24, 2.45) is 5.41 Å². The Balaban J connectivity index is 2.36. The predicted octanol–water partition coefficient (Wildman–Crippen LogP) is 3.07. The van der Waals surface area contributed by atoms with Crippen LogP contribution in [0.2, 0.25) is 5.02 Å². The molecule has 5 heteroatoms. The van der Waals surface area contributed by atoms with Crippen LogP contribution in [0.25, 0.3) is 0 Å². The van der Waals surface area contributed by atoms with Gasteiger partial charge in [0.1, 0.15) is 0 Å². The molecule has 3 nitrogen and oxygen atoms in total. The summed E-state index contributed by atoms with van der Waals surface area (Å²) in [6.07, 6.45) is 0. The van der Waals surface area contributed by atoms with Crippen LogP contribution in [0.15, 0.2) is 22.7 Å². The van der Waals surface area contributed by atoms with Crippen LogP contribution in [0, 0.1) is 5.41 Å². The van der Waals surface area contributed by atoms with Crippen LogP contribution in [0.3, 0.4) is 0 Å². The van der Waals surface area contributed by atoms with Crippen molar-refractivity contribution < 1.29 is 5.11 Å². The molecule has 0 radical (unpaired) electrons. The first-order valence-electron chi connectivity index (χ1n) is 6.96. The Morgan fingerprint density at radius 1 is 1.40 bits per heavy atom. The van der Waals surface area contributed by atoms with E-state index in [9.17, 15) is 5.11 Å². The van der Waals surface area contributed by atoms with E-state index in [4.69, 9.17) is 11.6 Å². The molecule has 112 valence electrons. The maximum absolute atomic E-state index is 9.80. The maximum Gasteiger partial charge on any atom is 0.0548 e. The van der Waals surface area contributed by atoms with Gasteiger partial charge in [0.2, 0.25) is 0 Å². The van der Waals surface area contributed by atoms with Crippen molar-refractivity contribution in [3.05, 3.63) is 33.3 Å². The molecule has 2 N–H and O–H groups in total. The standard InChI is InChI=1S/C15H22BrClN2O/c1-15(2,10-20)14(19-7-5-18-6-8-19)11-3-4-13(17)12(16)9-11/h3-4,9,14,18,20H,5-8,10H2,1-2H3/t14-/m0/s1. The molecule has 0 saturated carbocycles. The van der Waals surface area contributed by atoms with Crippen molar-refractivity contribution in [1.82, 2.24) is 10.2 Å². The first kappa shape index (κ1) is 16.2. The summed E-state index contributed by atoms with van der Waals surface area (Å²) < 4.78 is 0.908. The molecule has 0 amide bonds. The first-order valence-corrected chi connectivity index (χ1v) is 8.13. The average Bonchev–Trinajstić information content (AvgIpc) is 2.44. The van der Waals surface area contributed by atoms with Crippen molar-refractivity contribution in [1.29, 1.82) is 0 Å². The minimum atomic E-state index is -0.204. The lowest BCUT2D eigenvalue weighted by Crippen LogP contribution is -2.49. The van der Waals surface area contributed by atoms with Gasteiger partial charge in [-0.3, -0.25) is 4.90 Å². The molecule has 0 spiro atoms. The van der Waals surface area contributed by atoms with Crippen LogP contribution in [-0.2, 0) is 0 Å². The Hall–Kier alpha value is -0.130. The van der Waals surface area contributed by atoms with Gasteiger partial charge in [0.25, 0.3) is 0 Å². The predicted molar refractivity (Wildman–Crippen MR) is 87.2 cm³/mol. The summed E-state index contributed by atoms with van der Waals surface area (Å²) in [4.78, 5) is 2.45. The SMILES string of the molecule is CC(C)(CO)[C@H](c1ccc(Cl)c(Br)c1)N1CCNCC1. The van der Waals surface area contributed by atoms with Crippen LogP contribution in [0.4, 0.5) is 0 Å². The molecule has 1 heterocycles. The zero-order valence-electron chi connectivity index (χ0n) is 12.0. The number of benzene rings is 1. The summed E-state index contributed by atoms with van der Waals surface area (Å²) in [5.74, 6) is 0. The number of halogens is 2. The molecule has 1 fully saturated rings. The van der Waals surface area contributed by atoms with Crippen LogP contribution in [0.1, 0.15) is 25.5 Å². The molecule has 1 aliphatic rings. The topological polar surface area (TPSA) is 35.5 Å². The number of aliphatic hydroxyl groups excluding tert-OH is 1. The summed E-state index contributed by atoms with van der Waals surface area (Å²) in [5.41, 5.74) is 0.993. The summed E-state index contributed by atoms with van der Waals surface area (Å²) >= 11 is 9.60. The first-order chi connectivity index (χ1) is 9.45. The van der Waals surface area contributed by atoms with Gasteiger partial charge in [0, 0.05) is 48.7 Å². The molecule has 0 aliphatic carbocycles. The van der Waals surface area contributed by atoms with E-state index in [0.29, 0.717) is 0 Å². The molecule has 0 bridgehead atoms. The lowest BCUT2D eigenvalue weighted by Gasteiger charge is -2.43. The van der Waals surface area contributed by atoms with E-state index < -0.39 is 0 Å². The van der Waals surface area contributed by atoms with E-state index in [1.165, 1.54) is 5.56 Å². The largest absolute Gasteiger partial charge is 0.396 e. The fraction of sp³-hybridized carbons (Fsp3) is 0.600. The van der Waals surface area contributed by atoms with Crippen molar-refractivity contribution in [2.45, 2.75) is 19.9 Å². The van der Waals surface area contributed by atoms with Crippen molar-refractivity contribution in [3.63, 3.8) is 0 Å². The normalized spacial score (nSPS) is 19.1. The third-order valence-electron chi connectivity index (χ3n) is 3.92. The smallest absolute Gasteiger partial charge is 0.0548 e. The average molecular weight is 362 g/mol. The zero-order chi connectivity index (χ0) is 14.8. The maximum atomic E-state index is 9.80. The van der Waals surface area contributed by atoms with Crippen molar-refractivity contribution in [2.75, 3.05) is 32.8 Å². The van der Waals surface area contributed by atoms with E-state index in [2.05, 4.69) is 52.1 Å². The van der Waals surface area contributed by atoms with E-state index in [1.807, 2.05) is 6.07 Å². The van der Waals surface area contributed by atoms with Gasteiger partial charge in [-0.2, -0.15) is 0 Å². The summed E-state index contributed by atoms with van der Waals surface area (Å²) in [5, 5.41) is 13.9. The molecular formula is C15H22BrClN2O. The molecule has 0 aromatic heterocycles. The molecule has 1 aromatic carbocycles. The van der Waals surface area contributed by atoms with E-state index >= 15 is 0 Å². The summed E-state index contributed by atoms with van der Waals surface area (Å²) in [6.45, 7) is 8.36. The third kappa shape index (κ3) is 3.55. The molecule has 1 aliphatic heterocycles. The molecule has 1 aromatic rings. The fourth-order valence-corrected chi connectivity index (χ4v) is 3.38. The lowest BCUT2D eigenvalue weighted by molar-refractivity contribution is 0.0305. The van der Waals surface area contributed by atoms with E-state index in [1.54, 1.807) is 0 Å². The molecule has 0 unspecified atom stereocenters. The highest BCUT2D eigenvalue weighted by Gasteiger charge is 2.35. The van der Waals surface area contributed by atoms with Crippen molar-refractivity contribution >= 4 is 27.5 Å². The Bertz CT molecular complexity index is 461. The van der Waals surface area contributed by atoms with Gasteiger partial charge in [-0.25, -0.2) is 0 Å². The second kappa shape index (κ2) is 6.75. The Morgan fingerprint density at radius 2 is 2.05 bits per heavy atom. The Labute approximate surface area is 134 Å². The van der Waals surface area contributed by atoms with Crippen LogP contribution in [0.5, 0.6) is 0 Å². The van der Waals surface area contributed by atoms with Gasteiger partial charge in [-0.05, 0) is 33.6 Å². The summed E-state index contributed by atoms with van der Waals surface area (Å²) in [6, 6.07) is 6.25. The number of nitrogens with zero attached hydrogens (tertiary/aromatic N) is 1. The van der Waals surface area contributed by atoms with Crippen LogP contribution in [-0.4, -0.2) is 42.8 Å². The zero-order valence-corrected chi connectivity index (χ0v) is 14.3. The van der Waals surface area contributed by atoms with Crippen LogP contribution < -0.4 is 5.32 Å². The number of nitrogens with one attached hydrogen (secondary N) is 1. The Morgan fingerprint density at radius 3 is 2.60 bits per heavy atom. The van der Waals surface area contributed by atoms with Gasteiger partial charge in [0.15, 0.2) is 0 Å². The number of hydrogen-bond donors (Lipinski definition) is 2. The van der Waals surface area contributed by atoms with Gasteiger partial charge in [0.05, 0.1) is 5.02 Å². The lowest BCUT2D eigenvalue weighted by atomic mass is 9.80. The van der Waals surface area contributed by atoms with Gasteiger partial charge < -0.3 is 10.4 Å². The molecule has 2 rings (SSSR count).